The SMILES string of the molecule is N#CCc1nccc(C2CCCC2)n1. The van der Waals surface area contributed by atoms with Gasteiger partial charge < -0.3 is 0 Å². The lowest BCUT2D eigenvalue weighted by Gasteiger charge is -2.07. The minimum atomic E-state index is 0.320. The number of hydrogen-bond acceptors (Lipinski definition) is 3. The Labute approximate surface area is 83.8 Å². The quantitative estimate of drug-likeness (QED) is 0.713. The maximum atomic E-state index is 8.55. The second kappa shape index (κ2) is 4.19. The molecule has 72 valence electrons. The summed E-state index contributed by atoms with van der Waals surface area (Å²) < 4.78 is 0. The van der Waals surface area contributed by atoms with Crippen LogP contribution < -0.4 is 0 Å². The van der Waals surface area contributed by atoms with Crippen LogP contribution in [-0.4, -0.2) is 9.97 Å². The highest BCUT2D eigenvalue weighted by Crippen LogP contribution is 2.32. The summed E-state index contributed by atoms with van der Waals surface area (Å²) in [5.74, 6) is 1.27. The number of nitrogens with zero attached hydrogens (tertiary/aromatic N) is 3. The molecule has 14 heavy (non-hydrogen) atoms. The fraction of sp³-hybridized carbons (Fsp3) is 0.545. The molecule has 0 N–H and O–H groups in total. The first kappa shape index (κ1) is 9.14. The molecular formula is C11H13N3. The van der Waals surface area contributed by atoms with Gasteiger partial charge in [-0.15, -0.1) is 0 Å². The van der Waals surface area contributed by atoms with E-state index in [2.05, 4.69) is 16.0 Å². The van der Waals surface area contributed by atoms with Crippen LogP contribution in [0.25, 0.3) is 0 Å². The molecule has 1 heterocycles. The molecule has 0 bridgehead atoms. The Kier molecular flexibility index (Phi) is 2.73. The molecule has 0 saturated heterocycles. The minimum Gasteiger partial charge on any atom is -0.240 e. The van der Waals surface area contributed by atoms with Crippen LogP contribution in [0.5, 0.6) is 0 Å². The standard InChI is InChI=1S/C11H13N3/c12-7-5-11-13-8-6-10(14-11)9-3-1-2-4-9/h6,8-9H,1-5H2. The van der Waals surface area contributed by atoms with Gasteiger partial charge in [-0.05, 0) is 18.9 Å². The van der Waals surface area contributed by atoms with Gasteiger partial charge >= 0.3 is 0 Å². The molecule has 1 fully saturated rings. The van der Waals surface area contributed by atoms with Gasteiger partial charge in [0.05, 0.1) is 12.5 Å². The number of nitriles is 1. The van der Waals surface area contributed by atoms with Crippen molar-refractivity contribution in [2.75, 3.05) is 0 Å². The van der Waals surface area contributed by atoms with Gasteiger partial charge in [0.25, 0.3) is 0 Å². The Morgan fingerprint density at radius 3 is 2.93 bits per heavy atom. The summed E-state index contributed by atoms with van der Waals surface area (Å²) in [4.78, 5) is 8.48. The summed E-state index contributed by atoms with van der Waals surface area (Å²) in [5, 5.41) is 8.55. The molecule has 0 aromatic carbocycles. The first-order chi connectivity index (χ1) is 6.90. The molecule has 1 aromatic rings. The monoisotopic (exact) mass is 187 g/mol. The Morgan fingerprint density at radius 2 is 2.21 bits per heavy atom. The summed E-state index contributed by atoms with van der Waals surface area (Å²) in [7, 11) is 0. The number of hydrogen-bond donors (Lipinski definition) is 0. The molecule has 0 unspecified atom stereocenters. The Hall–Kier alpha value is -1.43. The molecule has 3 heteroatoms. The summed E-state index contributed by atoms with van der Waals surface area (Å²) in [6, 6.07) is 4.06. The fourth-order valence-electron chi connectivity index (χ4n) is 2.02. The number of rotatable bonds is 2. The smallest absolute Gasteiger partial charge is 0.142 e. The van der Waals surface area contributed by atoms with Crippen LogP contribution in [0.15, 0.2) is 12.3 Å². The highest BCUT2D eigenvalue weighted by Gasteiger charge is 2.18. The second-order valence-corrected chi connectivity index (χ2v) is 3.71. The summed E-state index contributed by atoms with van der Waals surface area (Å²) in [6.07, 6.45) is 7.18. The van der Waals surface area contributed by atoms with Crippen molar-refractivity contribution in [2.45, 2.75) is 38.0 Å². The maximum absolute atomic E-state index is 8.55. The van der Waals surface area contributed by atoms with E-state index in [0.717, 1.165) is 5.69 Å². The second-order valence-electron chi connectivity index (χ2n) is 3.71. The fourth-order valence-corrected chi connectivity index (χ4v) is 2.02. The molecule has 1 aliphatic carbocycles. The predicted octanol–water partition coefficient (Wildman–Crippen LogP) is 2.20. The average Bonchev–Trinajstić information content (AvgIpc) is 2.71. The van der Waals surface area contributed by atoms with Crippen molar-refractivity contribution in [3.8, 4) is 6.07 Å². The molecule has 0 aliphatic heterocycles. The van der Waals surface area contributed by atoms with Gasteiger partial charge in [-0.3, -0.25) is 0 Å². The zero-order valence-electron chi connectivity index (χ0n) is 8.11. The highest BCUT2D eigenvalue weighted by atomic mass is 14.9. The van der Waals surface area contributed by atoms with Crippen molar-refractivity contribution in [1.82, 2.24) is 9.97 Å². The Morgan fingerprint density at radius 1 is 1.43 bits per heavy atom. The predicted molar refractivity (Wildman–Crippen MR) is 52.6 cm³/mol. The van der Waals surface area contributed by atoms with E-state index in [-0.39, 0.29) is 0 Å². The molecule has 0 spiro atoms. The van der Waals surface area contributed by atoms with Crippen LogP contribution in [-0.2, 0) is 6.42 Å². The van der Waals surface area contributed by atoms with Crippen LogP contribution in [0.1, 0.15) is 43.1 Å². The van der Waals surface area contributed by atoms with Gasteiger partial charge in [0.2, 0.25) is 0 Å². The Balaban J connectivity index is 2.17. The lowest BCUT2D eigenvalue weighted by Crippen LogP contribution is -2.01. The lowest BCUT2D eigenvalue weighted by atomic mass is 10.0. The van der Waals surface area contributed by atoms with E-state index in [1.807, 2.05) is 6.07 Å². The van der Waals surface area contributed by atoms with E-state index in [1.165, 1.54) is 25.7 Å². The van der Waals surface area contributed by atoms with Gasteiger partial charge in [0.15, 0.2) is 0 Å². The van der Waals surface area contributed by atoms with Crippen LogP contribution in [0, 0.1) is 11.3 Å². The average molecular weight is 187 g/mol. The molecule has 0 atom stereocenters. The molecule has 1 saturated carbocycles. The number of aromatic nitrogens is 2. The molecule has 3 nitrogen and oxygen atoms in total. The third-order valence-corrected chi connectivity index (χ3v) is 2.74. The lowest BCUT2D eigenvalue weighted by molar-refractivity contribution is 0.687. The van der Waals surface area contributed by atoms with Crippen molar-refractivity contribution >= 4 is 0 Å². The normalized spacial score (nSPS) is 16.8. The van der Waals surface area contributed by atoms with Gasteiger partial charge in [-0.1, -0.05) is 12.8 Å². The first-order valence-electron chi connectivity index (χ1n) is 5.09. The third kappa shape index (κ3) is 1.90. The maximum Gasteiger partial charge on any atom is 0.142 e. The zero-order chi connectivity index (χ0) is 9.80. The van der Waals surface area contributed by atoms with Gasteiger partial charge in [-0.25, -0.2) is 9.97 Å². The summed E-state index contributed by atoms with van der Waals surface area (Å²) in [6.45, 7) is 0. The van der Waals surface area contributed by atoms with Crippen molar-refractivity contribution < 1.29 is 0 Å². The molecular weight excluding hydrogens is 174 g/mol. The summed E-state index contributed by atoms with van der Waals surface area (Å²) >= 11 is 0. The van der Waals surface area contributed by atoms with E-state index in [9.17, 15) is 0 Å². The molecule has 0 radical (unpaired) electrons. The summed E-state index contributed by atoms with van der Waals surface area (Å²) in [5.41, 5.74) is 1.13. The molecule has 2 rings (SSSR count). The van der Waals surface area contributed by atoms with Crippen molar-refractivity contribution in [3.05, 3.63) is 23.8 Å². The van der Waals surface area contributed by atoms with Gasteiger partial charge in [0.1, 0.15) is 5.82 Å². The van der Waals surface area contributed by atoms with E-state index in [0.29, 0.717) is 18.2 Å². The molecule has 1 aliphatic rings. The minimum absolute atomic E-state index is 0.320. The first-order valence-corrected chi connectivity index (χ1v) is 5.09. The van der Waals surface area contributed by atoms with Crippen molar-refractivity contribution in [3.63, 3.8) is 0 Å². The third-order valence-electron chi connectivity index (χ3n) is 2.74. The van der Waals surface area contributed by atoms with Crippen LogP contribution in [0.4, 0.5) is 0 Å². The van der Waals surface area contributed by atoms with E-state index >= 15 is 0 Å². The zero-order valence-corrected chi connectivity index (χ0v) is 8.11. The van der Waals surface area contributed by atoms with Gasteiger partial charge in [-0.2, -0.15) is 5.26 Å². The Bertz CT molecular complexity index is 348. The van der Waals surface area contributed by atoms with Crippen LogP contribution >= 0.6 is 0 Å². The van der Waals surface area contributed by atoms with Crippen molar-refractivity contribution in [2.24, 2.45) is 0 Å². The molecule has 1 aromatic heterocycles. The highest BCUT2D eigenvalue weighted by molar-refractivity contribution is 5.11. The largest absolute Gasteiger partial charge is 0.240 e. The van der Waals surface area contributed by atoms with Crippen molar-refractivity contribution in [1.29, 1.82) is 5.26 Å². The van der Waals surface area contributed by atoms with Crippen LogP contribution in [0.2, 0.25) is 0 Å². The molecule has 0 amide bonds. The topological polar surface area (TPSA) is 49.6 Å². The van der Waals surface area contributed by atoms with E-state index in [4.69, 9.17) is 5.26 Å². The van der Waals surface area contributed by atoms with Crippen LogP contribution in [0.3, 0.4) is 0 Å². The van der Waals surface area contributed by atoms with E-state index < -0.39 is 0 Å². The van der Waals surface area contributed by atoms with Gasteiger partial charge in [0, 0.05) is 17.8 Å². The van der Waals surface area contributed by atoms with E-state index in [1.54, 1.807) is 6.20 Å².